The van der Waals surface area contributed by atoms with Crippen molar-refractivity contribution in [3.8, 4) is 5.75 Å². The van der Waals surface area contributed by atoms with Crippen LogP contribution in [0.4, 0.5) is 0 Å². The summed E-state index contributed by atoms with van der Waals surface area (Å²) >= 11 is 0. The normalized spacial score (nSPS) is 9.73. The Morgan fingerprint density at radius 2 is 1.80 bits per heavy atom. The van der Waals surface area contributed by atoms with Gasteiger partial charge in [0.2, 0.25) is 0 Å². The first-order valence-corrected chi connectivity index (χ1v) is 4.32. The molecule has 0 radical (unpaired) electrons. The van der Waals surface area contributed by atoms with Crippen molar-refractivity contribution in [3.63, 3.8) is 0 Å². The highest BCUT2D eigenvalue weighted by Crippen LogP contribution is 2.25. The number of aromatic hydroxyl groups is 1. The van der Waals surface area contributed by atoms with Crippen LogP contribution in [0.2, 0.25) is 0 Å². The molecule has 0 amide bonds. The van der Waals surface area contributed by atoms with Crippen molar-refractivity contribution >= 4 is 17.9 Å². The summed E-state index contributed by atoms with van der Waals surface area (Å²) in [5, 5.41) is 9.58. The third kappa shape index (κ3) is 1.93. The summed E-state index contributed by atoms with van der Waals surface area (Å²) in [6.07, 6.45) is 0.436. The van der Waals surface area contributed by atoms with Crippen LogP contribution in [0.1, 0.15) is 44.9 Å². The van der Waals surface area contributed by atoms with Gasteiger partial charge in [-0.2, -0.15) is 0 Å². The zero-order chi connectivity index (χ0) is 11.6. The van der Waals surface area contributed by atoms with E-state index in [0.29, 0.717) is 6.29 Å². The highest BCUT2D eigenvalue weighted by molar-refractivity contribution is 6.10. The molecule has 0 aromatic heterocycles. The number of carbonyl (C=O) groups excluding carboxylic acids is 3. The maximum atomic E-state index is 11.2. The van der Waals surface area contributed by atoms with Crippen LogP contribution in [-0.4, -0.2) is 23.0 Å². The maximum absolute atomic E-state index is 11.2. The molecule has 0 bridgehead atoms. The SMILES string of the molecule is CC(=O)c1ccc(C=O)c(O)c1C(C)=O. The average Bonchev–Trinajstić information content (AvgIpc) is 2.16. The second-order valence-corrected chi connectivity index (χ2v) is 3.16. The lowest BCUT2D eigenvalue weighted by molar-refractivity contribution is 0.0978. The van der Waals surface area contributed by atoms with Gasteiger partial charge in [0, 0.05) is 5.56 Å². The Labute approximate surface area is 86.5 Å². The quantitative estimate of drug-likeness (QED) is 0.602. The minimum absolute atomic E-state index is 0.00481. The topological polar surface area (TPSA) is 71.4 Å². The number of ketones is 2. The molecule has 0 unspecified atom stereocenters. The lowest BCUT2D eigenvalue weighted by atomic mass is 9.97. The molecule has 4 heteroatoms. The zero-order valence-corrected chi connectivity index (χ0v) is 8.40. The molecule has 0 saturated carbocycles. The Morgan fingerprint density at radius 3 is 2.20 bits per heavy atom. The summed E-state index contributed by atoms with van der Waals surface area (Å²) < 4.78 is 0. The Bertz CT molecular complexity index is 446. The number of hydrogen-bond acceptors (Lipinski definition) is 4. The molecule has 0 spiro atoms. The molecule has 15 heavy (non-hydrogen) atoms. The lowest BCUT2D eigenvalue weighted by Gasteiger charge is -2.07. The number of phenols is 1. The van der Waals surface area contributed by atoms with Gasteiger partial charge in [0.15, 0.2) is 17.9 Å². The molecule has 0 fully saturated rings. The van der Waals surface area contributed by atoms with E-state index in [-0.39, 0.29) is 22.5 Å². The molecular weight excluding hydrogens is 196 g/mol. The van der Waals surface area contributed by atoms with Crippen LogP contribution < -0.4 is 0 Å². The van der Waals surface area contributed by atoms with Gasteiger partial charge in [-0.3, -0.25) is 14.4 Å². The third-order valence-corrected chi connectivity index (χ3v) is 2.07. The van der Waals surface area contributed by atoms with Crippen molar-refractivity contribution in [1.29, 1.82) is 0 Å². The second-order valence-electron chi connectivity index (χ2n) is 3.16. The summed E-state index contributed by atoms with van der Waals surface area (Å²) in [6.45, 7) is 2.53. The summed E-state index contributed by atoms with van der Waals surface area (Å²) in [5.74, 6) is -1.19. The number of Topliss-reactive ketones (excluding diaryl/α,β-unsaturated/α-hetero) is 2. The van der Waals surface area contributed by atoms with E-state index in [2.05, 4.69) is 0 Å². The third-order valence-electron chi connectivity index (χ3n) is 2.07. The first kappa shape index (κ1) is 11.1. The molecule has 1 rings (SSSR count). The van der Waals surface area contributed by atoms with Crippen LogP contribution in [0.5, 0.6) is 5.75 Å². The van der Waals surface area contributed by atoms with E-state index in [4.69, 9.17) is 0 Å². The van der Waals surface area contributed by atoms with E-state index in [1.807, 2.05) is 0 Å². The van der Waals surface area contributed by atoms with E-state index in [9.17, 15) is 19.5 Å². The Kier molecular flexibility index (Phi) is 2.99. The van der Waals surface area contributed by atoms with Gasteiger partial charge >= 0.3 is 0 Å². The van der Waals surface area contributed by atoms with Gasteiger partial charge < -0.3 is 5.11 Å². The molecule has 0 atom stereocenters. The minimum Gasteiger partial charge on any atom is -0.506 e. The van der Waals surface area contributed by atoms with Crippen molar-refractivity contribution < 1.29 is 19.5 Å². The second kappa shape index (κ2) is 4.04. The average molecular weight is 206 g/mol. The van der Waals surface area contributed by atoms with E-state index in [1.54, 1.807) is 0 Å². The van der Waals surface area contributed by atoms with E-state index >= 15 is 0 Å². The number of benzene rings is 1. The smallest absolute Gasteiger partial charge is 0.164 e. The van der Waals surface area contributed by atoms with E-state index < -0.39 is 11.5 Å². The molecule has 0 aliphatic heterocycles. The first-order chi connectivity index (χ1) is 6.99. The summed E-state index contributed by atoms with van der Waals surface area (Å²) in [4.78, 5) is 32.9. The van der Waals surface area contributed by atoms with Gasteiger partial charge in [0.1, 0.15) is 5.75 Å². The Hall–Kier alpha value is -1.97. The van der Waals surface area contributed by atoms with Crippen molar-refractivity contribution in [2.24, 2.45) is 0 Å². The van der Waals surface area contributed by atoms with Crippen LogP contribution in [0.25, 0.3) is 0 Å². The number of rotatable bonds is 3. The van der Waals surface area contributed by atoms with Crippen LogP contribution in [0.3, 0.4) is 0 Å². The molecule has 0 aliphatic carbocycles. The molecule has 0 saturated heterocycles. The maximum Gasteiger partial charge on any atom is 0.164 e. The fraction of sp³-hybridized carbons (Fsp3) is 0.182. The molecule has 0 heterocycles. The van der Waals surface area contributed by atoms with Crippen LogP contribution in [0, 0.1) is 0 Å². The molecule has 78 valence electrons. The number of carbonyl (C=O) groups is 3. The standard InChI is InChI=1S/C11H10O4/c1-6(13)9-4-3-8(5-12)11(15)10(9)7(2)14/h3-5,15H,1-2H3. The lowest BCUT2D eigenvalue weighted by Crippen LogP contribution is -2.05. The summed E-state index contributed by atoms with van der Waals surface area (Å²) in [5.41, 5.74) is 0.0444. The first-order valence-electron chi connectivity index (χ1n) is 4.32. The van der Waals surface area contributed by atoms with E-state index in [1.165, 1.54) is 26.0 Å². The Morgan fingerprint density at radius 1 is 1.20 bits per heavy atom. The van der Waals surface area contributed by atoms with Crippen molar-refractivity contribution in [3.05, 3.63) is 28.8 Å². The minimum atomic E-state index is -0.443. The Balaban J connectivity index is 3.58. The van der Waals surface area contributed by atoms with Gasteiger partial charge in [-0.1, -0.05) is 0 Å². The molecule has 1 aromatic carbocycles. The van der Waals surface area contributed by atoms with Gasteiger partial charge in [-0.15, -0.1) is 0 Å². The largest absolute Gasteiger partial charge is 0.506 e. The predicted molar refractivity (Wildman–Crippen MR) is 53.5 cm³/mol. The number of phenolic OH excluding ortho intramolecular Hbond substituents is 1. The van der Waals surface area contributed by atoms with Crippen molar-refractivity contribution in [2.75, 3.05) is 0 Å². The van der Waals surface area contributed by atoms with Gasteiger partial charge in [0.25, 0.3) is 0 Å². The molecule has 1 aromatic rings. The van der Waals surface area contributed by atoms with E-state index in [0.717, 1.165) is 0 Å². The fourth-order valence-electron chi connectivity index (χ4n) is 1.35. The fourth-order valence-corrected chi connectivity index (χ4v) is 1.35. The predicted octanol–water partition coefficient (Wildman–Crippen LogP) is 1.61. The van der Waals surface area contributed by atoms with Crippen molar-refractivity contribution in [2.45, 2.75) is 13.8 Å². The molecule has 1 N–H and O–H groups in total. The molecule has 0 aliphatic rings. The van der Waals surface area contributed by atoms with Gasteiger partial charge in [-0.05, 0) is 26.0 Å². The number of aldehydes is 1. The van der Waals surface area contributed by atoms with Crippen LogP contribution >= 0.6 is 0 Å². The molecular formula is C11H10O4. The highest BCUT2D eigenvalue weighted by atomic mass is 16.3. The highest BCUT2D eigenvalue weighted by Gasteiger charge is 2.18. The molecule has 4 nitrogen and oxygen atoms in total. The zero-order valence-electron chi connectivity index (χ0n) is 8.40. The van der Waals surface area contributed by atoms with Gasteiger partial charge in [0.05, 0.1) is 11.1 Å². The number of hydrogen-bond donors (Lipinski definition) is 1. The summed E-state index contributed by atoms with van der Waals surface area (Å²) in [6, 6.07) is 2.67. The summed E-state index contributed by atoms with van der Waals surface area (Å²) in [7, 11) is 0. The monoisotopic (exact) mass is 206 g/mol. The van der Waals surface area contributed by atoms with Crippen LogP contribution in [0.15, 0.2) is 12.1 Å². The van der Waals surface area contributed by atoms with Gasteiger partial charge in [-0.25, -0.2) is 0 Å². The van der Waals surface area contributed by atoms with Crippen LogP contribution in [-0.2, 0) is 0 Å². The van der Waals surface area contributed by atoms with Crippen molar-refractivity contribution in [1.82, 2.24) is 0 Å².